The Morgan fingerprint density at radius 1 is 1.33 bits per heavy atom. The largest absolute Gasteiger partial charge is 0.442 e. The normalized spacial score (nSPS) is 14.8. The molecule has 140 valence electrons. The summed E-state index contributed by atoms with van der Waals surface area (Å²) in [5.74, 6) is 1.46. The lowest BCUT2D eigenvalue weighted by Crippen LogP contribution is -2.36. The Morgan fingerprint density at radius 3 is 2.85 bits per heavy atom. The lowest BCUT2D eigenvalue weighted by molar-refractivity contribution is -0.131. The number of hydrogen-bond donors (Lipinski definition) is 0. The standard InChI is InChI=1S/C20H21N3O3S/c1-13-21-15(12-27-13)10-18(24)23-9-8-17-16(11-23)22-20(26-17)19(25-2)14-6-4-3-5-7-14/h3-7,12,19H,8-11H2,1-2H3. The molecule has 1 aromatic carbocycles. The Labute approximate surface area is 161 Å². The molecule has 6 nitrogen and oxygen atoms in total. The van der Waals surface area contributed by atoms with Gasteiger partial charge < -0.3 is 14.1 Å². The van der Waals surface area contributed by atoms with Gasteiger partial charge in [0.25, 0.3) is 0 Å². The molecule has 0 aliphatic carbocycles. The van der Waals surface area contributed by atoms with Gasteiger partial charge in [-0.15, -0.1) is 11.3 Å². The molecule has 1 unspecified atom stereocenters. The molecule has 1 amide bonds. The fourth-order valence-corrected chi connectivity index (χ4v) is 3.92. The zero-order valence-electron chi connectivity index (χ0n) is 15.3. The quantitative estimate of drug-likeness (QED) is 0.676. The number of hydrogen-bond acceptors (Lipinski definition) is 6. The van der Waals surface area contributed by atoms with Crippen LogP contribution in [0.4, 0.5) is 0 Å². The van der Waals surface area contributed by atoms with Crippen molar-refractivity contribution < 1.29 is 13.9 Å². The maximum Gasteiger partial charge on any atom is 0.228 e. The van der Waals surface area contributed by atoms with Crippen molar-refractivity contribution in [1.29, 1.82) is 0 Å². The summed E-state index contributed by atoms with van der Waals surface area (Å²) in [7, 11) is 1.65. The Bertz CT molecular complexity index is 935. The maximum absolute atomic E-state index is 12.6. The molecule has 0 saturated carbocycles. The molecule has 0 saturated heterocycles. The molecule has 3 aromatic rings. The summed E-state index contributed by atoms with van der Waals surface area (Å²) in [6, 6.07) is 9.87. The number of fused-ring (bicyclic) bond motifs is 1. The van der Waals surface area contributed by atoms with E-state index in [4.69, 9.17) is 9.15 Å². The summed E-state index contributed by atoms with van der Waals surface area (Å²) in [5.41, 5.74) is 2.64. The molecule has 0 spiro atoms. The zero-order valence-corrected chi connectivity index (χ0v) is 16.2. The average molecular weight is 383 g/mol. The Kier molecular flexibility index (Phi) is 5.05. The van der Waals surface area contributed by atoms with Gasteiger partial charge in [0, 0.05) is 25.5 Å². The molecule has 0 bridgehead atoms. The smallest absolute Gasteiger partial charge is 0.228 e. The van der Waals surface area contributed by atoms with Crippen molar-refractivity contribution in [3.63, 3.8) is 0 Å². The molecule has 0 radical (unpaired) electrons. The summed E-state index contributed by atoms with van der Waals surface area (Å²) in [4.78, 5) is 23.5. The van der Waals surface area contributed by atoms with Crippen molar-refractivity contribution in [2.24, 2.45) is 0 Å². The van der Waals surface area contributed by atoms with E-state index in [0.717, 1.165) is 27.7 Å². The number of carbonyl (C=O) groups is 1. The van der Waals surface area contributed by atoms with Crippen molar-refractivity contribution in [2.75, 3.05) is 13.7 Å². The van der Waals surface area contributed by atoms with Gasteiger partial charge in [0.15, 0.2) is 6.10 Å². The van der Waals surface area contributed by atoms with E-state index in [2.05, 4.69) is 9.97 Å². The minimum absolute atomic E-state index is 0.0712. The summed E-state index contributed by atoms with van der Waals surface area (Å²) >= 11 is 1.57. The minimum atomic E-state index is -0.348. The van der Waals surface area contributed by atoms with Crippen molar-refractivity contribution in [3.05, 3.63) is 69.3 Å². The molecule has 27 heavy (non-hydrogen) atoms. The summed E-state index contributed by atoms with van der Waals surface area (Å²) in [6.07, 6.45) is 0.642. The summed E-state index contributed by atoms with van der Waals surface area (Å²) in [6.45, 7) is 3.04. The van der Waals surface area contributed by atoms with Gasteiger partial charge in [0.1, 0.15) is 11.5 Å². The number of oxazole rings is 1. The summed E-state index contributed by atoms with van der Waals surface area (Å²) < 4.78 is 11.6. The third-order valence-corrected chi connectivity index (χ3v) is 5.48. The summed E-state index contributed by atoms with van der Waals surface area (Å²) in [5, 5.41) is 2.92. The van der Waals surface area contributed by atoms with E-state index < -0.39 is 0 Å². The second-order valence-electron chi connectivity index (χ2n) is 6.55. The van der Waals surface area contributed by atoms with Crippen LogP contribution in [0.5, 0.6) is 0 Å². The second kappa shape index (κ2) is 7.62. The van der Waals surface area contributed by atoms with Crippen LogP contribution < -0.4 is 0 Å². The van der Waals surface area contributed by atoms with Gasteiger partial charge in [-0.25, -0.2) is 9.97 Å². The molecule has 0 N–H and O–H groups in total. The first-order chi connectivity index (χ1) is 13.1. The molecule has 1 aliphatic heterocycles. The van der Waals surface area contributed by atoms with Crippen molar-refractivity contribution >= 4 is 17.2 Å². The number of benzene rings is 1. The number of nitrogens with zero attached hydrogens (tertiary/aromatic N) is 3. The molecule has 4 rings (SSSR count). The molecular formula is C20H21N3O3S. The number of rotatable bonds is 5. The van der Waals surface area contributed by atoms with Gasteiger partial charge >= 0.3 is 0 Å². The van der Waals surface area contributed by atoms with E-state index >= 15 is 0 Å². The van der Waals surface area contributed by atoms with Crippen LogP contribution in [-0.4, -0.2) is 34.4 Å². The fourth-order valence-electron chi connectivity index (χ4n) is 3.31. The number of aromatic nitrogens is 2. The first-order valence-corrected chi connectivity index (χ1v) is 9.77. The molecule has 1 aliphatic rings. The van der Waals surface area contributed by atoms with E-state index in [1.54, 1.807) is 18.4 Å². The van der Waals surface area contributed by atoms with Crippen LogP contribution in [-0.2, 0) is 28.9 Å². The predicted molar refractivity (Wildman–Crippen MR) is 101 cm³/mol. The molecular weight excluding hydrogens is 362 g/mol. The minimum Gasteiger partial charge on any atom is -0.442 e. The van der Waals surface area contributed by atoms with Crippen molar-refractivity contribution in [2.45, 2.75) is 32.4 Å². The van der Waals surface area contributed by atoms with Crippen molar-refractivity contribution in [3.8, 4) is 0 Å². The van der Waals surface area contributed by atoms with Gasteiger partial charge in [0.05, 0.1) is 23.7 Å². The Balaban J connectivity index is 1.49. The van der Waals surface area contributed by atoms with E-state index in [1.807, 2.05) is 47.5 Å². The van der Waals surface area contributed by atoms with E-state index in [1.165, 1.54) is 0 Å². The lowest BCUT2D eigenvalue weighted by atomic mass is 10.1. The molecule has 7 heteroatoms. The lowest BCUT2D eigenvalue weighted by Gasteiger charge is -2.25. The zero-order chi connectivity index (χ0) is 18.8. The van der Waals surface area contributed by atoms with Crippen LogP contribution in [0.15, 0.2) is 40.1 Å². The molecule has 3 heterocycles. The van der Waals surface area contributed by atoms with Crippen LogP contribution in [0.1, 0.15) is 39.7 Å². The van der Waals surface area contributed by atoms with Gasteiger partial charge in [-0.1, -0.05) is 30.3 Å². The SMILES string of the molecule is COC(c1ccccc1)c1nc2c(o1)CCN(C(=O)Cc1csc(C)n1)C2. The number of ether oxygens (including phenoxy) is 1. The molecule has 1 atom stereocenters. The highest BCUT2D eigenvalue weighted by atomic mass is 32.1. The maximum atomic E-state index is 12.6. The third-order valence-electron chi connectivity index (χ3n) is 4.66. The average Bonchev–Trinajstić information content (AvgIpc) is 3.28. The first kappa shape index (κ1) is 17.9. The Hall–Kier alpha value is -2.51. The van der Waals surface area contributed by atoms with Crippen LogP contribution in [0, 0.1) is 6.92 Å². The fraction of sp³-hybridized carbons (Fsp3) is 0.350. The van der Waals surface area contributed by atoms with Crippen LogP contribution in [0.25, 0.3) is 0 Å². The monoisotopic (exact) mass is 383 g/mol. The van der Waals surface area contributed by atoms with Crippen LogP contribution in [0.2, 0.25) is 0 Å². The molecule has 0 fully saturated rings. The van der Waals surface area contributed by atoms with Gasteiger partial charge in [-0.2, -0.15) is 0 Å². The van der Waals surface area contributed by atoms with Crippen molar-refractivity contribution in [1.82, 2.24) is 14.9 Å². The first-order valence-electron chi connectivity index (χ1n) is 8.89. The highest BCUT2D eigenvalue weighted by molar-refractivity contribution is 7.09. The van der Waals surface area contributed by atoms with Crippen LogP contribution in [0.3, 0.4) is 0 Å². The number of aryl methyl sites for hydroxylation is 1. The second-order valence-corrected chi connectivity index (χ2v) is 7.61. The van der Waals surface area contributed by atoms with Gasteiger partial charge in [-0.3, -0.25) is 4.79 Å². The highest BCUT2D eigenvalue weighted by Gasteiger charge is 2.28. The van der Waals surface area contributed by atoms with E-state index in [9.17, 15) is 4.79 Å². The van der Waals surface area contributed by atoms with Crippen LogP contribution >= 0.6 is 11.3 Å². The van der Waals surface area contributed by atoms with E-state index in [0.29, 0.717) is 31.8 Å². The number of methoxy groups -OCH3 is 1. The molecule has 2 aromatic heterocycles. The third kappa shape index (κ3) is 3.79. The number of carbonyl (C=O) groups excluding carboxylic acids is 1. The topological polar surface area (TPSA) is 68.5 Å². The van der Waals surface area contributed by atoms with E-state index in [-0.39, 0.29) is 12.0 Å². The van der Waals surface area contributed by atoms with Gasteiger partial charge in [0.2, 0.25) is 11.8 Å². The number of amides is 1. The number of thiazole rings is 1. The predicted octanol–water partition coefficient (Wildman–Crippen LogP) is 3.30. The van der Waals surface area contributed by atoms with Gasteiger partial charge in [-0.05, 0) is 12.5 Å². The Morgan fingerprint density at radius 2 is 2.15 bits per heavy atom. The highest BCUT2D eigenvalue weighted by Crippen LogP contribution is 2.29.